The summed E-state index contributed by atoms with van der Waals surface area (Å²) in [6.45, 7) is 5.22. The normalized spacial score (nSPS) is 16.4. The van der Waals surface area contributed by atoms with Crippen molar-refractivity contribution in [1.82, 2.24) is 10.2 Å². The second kappa shape index (κ2) is 6.39. The number of amides is 2. The lowest BCUT2D eigenvalue weighted by Gasteiger charge is -2.22. The molecule has 0 aromatic heterocycles. The van der Waals surface area contributed by atoms with Crippen molar-refractivity contribution in [2.24, 2.45) is 0 Å². The number of nitrogens with one attached hydrogen (secondary N) is 1. The summed E-state index contributed by atoms with van der Waals surface area (Å²) in [5.41, 5.74) is 1.59. The number of halogens is 1. The molecule has 0 spiro atoms. The van der Waals surface area contributed by atoms with Crippen LogP contribution in [0.2, 0.25) is 0 Å². The number of benzene rings is 1. The van der Waals surface area contributed by atoms with E-state index in [1.807, 2.05) is 36.9 Å². The van der Waals surface area contributed by atoms with Crippen LogP contribution < -0.4 is 5.32 Å². The van der Waals surface area contributed by atoms with Crippen LogP contribution in [0.4, 0.5) is 0 Å². The number of carbonyl (C=O) groups is 2. The SMILES string of the molecule is Cc1c(Br)cccc1C(=O)NC(C)CN1CCCC1=O. The lowest BCUT2D eigenvalue weighted by Crippen LogP contribution is -2.42. The molecule has 4 nitrogen and oxygen atoms in total. The predicted octanol–water partition coefficient (Wildman–Crippen LogP) is 2.50. The van der Waals surface area contributed by atoms with E-state index in [2.05, 4.69) is 21.2 Å². The van der Waals surface area contributed by atoms with Crippen LogP contribution in [0.5, 0.6) is 0 Å². The molecule has 0 saturated carbocycles. The third-order valence-corrected chi connectivity index (χ3v) is 4.41. The van der Waals surface area contributed by atoms with Gasteiger partial charge in [0.25, 0.3) is 5.91 Å². The van der Waals surface area contributed by atoms with Gasteiger partial charge < -0.3 is 10.2 Å². The maximum atomic E-state index is 12.2. The molecule has 1 aromatic carbocycles. The van der Waals surface area contributed by atoms with Gasteiger partial charge in [-0.2, -0.15) is 0 Å². The molecule has 20 heavy (non-hydrogen) atoms. The van der Waals surface area contributed by atoms with Crippen molar-refractivity contribution < 1.29 is 9.59 Å². The van der Waals surface area contributed by atoms with Gasteiger partial charge in [-0.25, -0.2) is 0 Å². The van der Waals surface area contributed by atoms with Gasteiger partial charge in [-0.05, 0) is 38.0 Å². The molecular weight excluding hydrogens is 320 g/mol. The first-order chi connectivity index (χ1) is 9.49. The van der Waals surface area contributed by atoms with E-state index in [0.29, 0.717) is 18.5 Å². The summed E-state index contributed by atoms with van der Waals surface area (Å²) in [6, 6.07) is 5.52. The highest BCUT2D eigenvalue weighted by Gasteiger charge is 2.22. The fraction of sp³-hybridized carbons (Fsp3) is 0.467. The summed E-state index contributed by atoms with van der Waals surface area (Å²) in [5.74, 6) is 0.0904. The zero-order valence-corrected chi connectivity index (χ0v) is 13.4. The van der Waals surface area contributed by atoms with Gasteiger partial charge in [0.1, 0.15) is 0 Å². The van der Waals surface area contributed by atoms with E-state index >= 15 is 0 Å². The fourth-order valence-corrected chi connectivity index (χ4v) is 2.79. The van der Waals surface area contributed by atoms with Crippen LogP contribution >= 0.6 is 15.9 Å². The maximum absolute atomic E-state index is 12.2. The van der Waals surface area contributed by atoms with Crippen LogP contribution in [0.15, 0.2) is 22.7 Å². The Kier molecular flexibility index (Phi) is 4.81. The number of carbonyl (C=O) groups excluding carboxylic acids is 2. The van der Waals surface area contributed by atoms with Gasteiger partial charge in [0.05, 0.1) is 0 Å². The Morgan fingerprint density at radius 2 is 2.25 bits per heavy atom. The van der Waals surface area contributed by atoms with E-state index in [4.69, 9.17) is 0 Å². The molecule has 0 bridgehead atoms. The quantitative estimate of drug-likeness (QED) is 0.916. The van der Waals surface area contributed by atoms with Crippen LogP contribution in [0.3, 0.4) is 0 Å². The van der Waals surface area contributed by atoms with Crippen LogP contribution in [0.25, 0.3) is 0 Å². The van der Waals surface area contributed by atoms with Crippen LogP contribution in [-0.4, -0.2) is 35.8 Å². The minimum absolute atomic E-state index is 0.0528. The molecule has 2 rings (SSSR count). The summed E-state index contributed by atoms with van der Waals surface area (Å²) in [4.78, 5) is 25.6. The molecule has 0 aliphatic carbocycles. The first kappa shape index (κ1) is 15.0. The lowest BCUT2D eigenvalue weighted by molar-refractivity contribution is -0.127. The molecule has 5 heteroatoms. The first-order valence-corrected chi connectivity index (χ1v) is 7.62. The van der Waals surface area contributed by atoms with E-state index in [9.17, 15) is 9.59 Å². The first-order valence-electron chi connectivity index (χ1n) is 6.83. The second-order valence-electron chi connectivity index (χ2n) is 5.23. The Hall–Kier alpha value is -1.36. The molecular formula is C15H19BrN2O2. The van der Waals surface area contributed by atoms with Crippen molar-refractivity contribution in [1.29, 1.82) is 0 Å². The van der Waals surface area contributed by atoms with Gasteiger partial charge >= 0.3 is 0 Å². The van der Waals surface area contributed by atoms with Crippen molar-refractivity contribution >= 4 is 27.7 Å². The number of nitrogens with zero attached hydrogens (tertiary/aromatic N) is 1. The Morgan fingerprint density at radius 1 is 1.50 bits per heavy atom. The van der Waals surface area contributed by atoms with Gasteiger partial charge in [0.2, 0.25) is 5.91 Å². The van der Waals surface area contributed by atoms with Crippen molar-refractivity contribution in [3.63, 3.8) is 0 Å². The molecule has 1 unspecified atom stereocenters. The maximum Gasteiger partial charge on any atom is 0.251 e. The van der Waals surface area contributed by atoms with Gasteiger partial charge in [-0.15, -0.1) is 0 Å². The van der Waals surface area contributed by atoms with E-state index in [-0.39, 0.29) is 17.9 Å². The van der Waals surface area contributed by atoms with Crippen LogP contribution in [0, 0.1) is 6.92 Å². The number of likely N-dealkylation sites (tertiary alicyclic amines) is 1. The van der Waals surface area contributed by atoms with E-state index in [0.717, 1.165) is 23.0 Å². The molecule has 2 amide bonds. The van der Waals surface area contributed by atoms with Gasteiger partial charge in [0, 0.05) is 35.6 Å². The monoisotopic (exact) mass is 338 g/mol. The Bertz CT molecular complexity index is 531. The predicted molar refractivity (Wildman–Crippen MR) is 81.6 cm³/mol. The molecule has 1 fully saturated rings. The van der Waals surface area contributed by atoms with Gasteiger partial charge in [0.15, 0.2) is 0 Å². The molecule has 1 aromatic rings. The third-order valence-electron chi connectivity index (χ3n) is 3.56. The topological polar surface area (TPSA) is 49.4 Å². The number of rotatable bonds is 4. The minimum Gasteiger partial charge on any atom is -0.348 e. The summed E-state index contributed by atoms with van der Waals surface area (Å²) < 4.78 is 0.924. The van der Waals surface area contributed by atoms with Gasteiger partial charge in [-0.3, -0.25) is 9.59 Å². The second-order valence-corrected chi connectivity index (χ2v) is 6.08. The average molecular weight is 339 g/mol. The smallest absolute Gasteiger partial charge is 0.251 e. The highest BCUT2D eigenvalue weighted by atomic mass is 79.9. The zero-order valence-electron chi connectivity index (χ0n) is 11.8. The highest BCUT2D eigenvalue weighted by molar-refractivity contribution is 9.10. The van der Waals surface area contributed by atoms with Crippen molar-refractivity contribution in [3.8, 4) is 0 Å². The number of hydrogen-bond donors (Lipinski definition) is 1. The average Bonchev–Trinajstić information content (AvgIpc) is 2.78. The van der Waals surface area contributed by atoms with Gasteiger partial charge in [-0.1, -0.05) is 22.0 Å². The summed E-state index contributed by atoms with van der Waals surface area (Å²) in [7, 11) is 0. The van der Waals surface area contributed by atoms with Crippen molar-refractivity contribution in [2.45, 2.75) is 32.7 Å². The largest absolute Gasteiger partial charge is 0.348 e. The molecule has 1 atom stereocenters. The minimum atomic E-state index is -0.0945. The Morgan fingerprint density at radius 3 is 2.90 bits per heavy atom. The highest BCUT2D eigenvalue weighted by Crippen LogP contribution is 2.19. The van der Waals surface area contributed by atoms with Crippen LogP contribution in [-0.2, 0) is 4.79 Å². The van der Waals surface area contributed by atoms with E-state index < -0.39 is 0 Å². The number of hydrogen-bond acceptors (Lipinski definition) is 2. The lowest BCUT2D eigenvalue weighted by atomic mass is 10.1. The standard InChI is InChI=1S/C15H19BrN2O2/c1-10(9-18-8-4-7-14(18)19)17-15(20)12-5-3-6-13(16)11(12)2/h3,5-6,10H,4,7-9H2,1-2H3,(H,17,20). The van der Waals surface area contributed by atoms with Crippen molar-refractivity contribution in [2.75, 3.05) is 13.1 Å². The molecule has 1 aliphatic rings. The molecule has 1 saturated heterocycles. The van der Waals surface area contributed by atoms with Crippen LogP contribution in [0.1, 0.15) is 35.7 Å². The summed E-state index contributed by atoms with van der Waals surface area (Å²) in [6.07, 6.45) is 1.55. The molecule has 108 valence electrons. The molecule has 1 aliphatic heterocycles. The zero-order chi connectivity index (χ0) is 14.7. The third kappa shape index (κ3) is 3.39. The molecule has 1 N–H and O–H groups in total. The molecule has 0 radical (unpaired) electrons. The summed E-state index contributed by atoms with van der Waals surface area (Å²) >= 11 is 3.43. The molecule has 1 heterocycles. The van der Waals surface area contributed by atoms with E-state index in [1.54, 1.807) is 0 Å². The van der Waals surface area contributed by atoms with E-state index in [1.165, 1.54) is 0 Å². The Labute approximate surface area is 127 Å². The Balaban J connectivity index is 1.97. The summed E-state index contributed by atoms with van der Waals surface area (Å²) in [5, 5.41) is 2.96. The van der Waals surface area contributed by atoms with Crippen molar-refractivity contribution in [3.05, 3.63) is 33.8 Å². The fourth-order valence-electron chi connectivity index (χ4n) is 2.43.